The number of halogens is 1. The molecule has 3 nitrogen and oxygen atoms in total. The number of benzene rings is 1. The van der Waals surface area contributed by atoms with Gasteiger partial charge in [-0.2, -0.15) is 0 Å². The van der Waals surface area contributed by atoms with Crippen LogP contribution in [-0.4, -0.2) is 55.1 Å². The molecule has 1 aromatic carbocycles. The first-order chi connectivity index (χ1) is 9.28. The zero-order chi connectivity index (χ0) is 13.2. The predicted octanol–water partition coefficient (Wildman–Crippen LogP) is 1.99. The highest BCUT2D eigenvalue weighted by molar-refractivity contribution is 6.30. The minimum Gasteiger partial charge on any atom is -0.309 e. The largest absolute Gasteiger partial charge is 0.309 e. The second-order valence-electron chi connectivity index (χ2n) is 5.49. The molecule has 4 heteroatoms. The highest BCUT2D eigenvalue weighted by atomic mass is 35.5. The number of rotatable bonds is 4. The summed E-state index contributed by atoms with van der Waals surface area (Å²) >= 11 is 6.16. The van der Waals surface area contributed by atoms with Crippen molar-refractivity contribution in [3.8, 4) is 0 Å². The Balaban J connectivity index is 1.84. The van der Waals surface area contributed by atoms with Crippen LogP contribution in [0.15, 0.2) is 24.3 Å². The summed E-state index contributed by atoms with van der Waals surface area (Å²) in [5.74, 6) is 0. The Bertz CT molecular complexity index is 429. The third-order valence-corrected chi connectivity index (χ3v) is 4.57. The molecule has 3 saturated heterocycles. The molecule has 3 aliphatic rings. The molecule has 2 unspecified atom stereocenters. The summed E-state index contributed by atoms with van der Waals surface area (Å²) in [6.07, 6.45) is 0. The first kappa shape index (κ1) is 13.4. The Morgan fingerprint density at radius 1 is 1.32 bits per heavy atom. The van der Waals surface area contributed by atoms with Crippen molar-refractivity contribution in [2.24, 2.45) is 0 Å². The smallest absolute Gasteiger partial charge is 0.0491 e. The van der Waals surface area contributed by atoms with E-state index in [0.717, 1.165) is 11.6 Å². The van der Waals surface area contributed by atoms with Gasteiger partial charge in [-0.15, -0.1) is 0 Å². The van der Waals surface area contributed by atoms with Crippen LogP contribution in [0.4, 0.5) is 0 Å². The summed E-state index contributed by atoms with van der Waals surface area (Å²) in [5.41, 5.74) is 1.31. The van der Waals surface area contributed by atoms with Crippen LogP contribution in [0.3, 0.4) is 0 Å². The van der Waals surface area contributed by atoms with E-state index in [1.807, 2.05) is 6.07 Å². The van der Waals surface area contributed by atoms with E-state index in [9.17, 15) is 0 Å². The van der Waals surface area contributed by atoms with Crippen molar-refractivity contribution >= 4 is 11.6 Å². The van der Waals surface area contributed by atoms with Crippen LogP contribution in [0.2, 0.25) is 5.02 Å². The summed E-state index contributed by atoms with van der Waals surface area (Å²) in [6, 6.07) is 9.25. The molecule has 19 heavy (non-hydrogen) atoms. The number of piperazine rings is 3. The fourth-order valence-corrected chi connectivity index (χ4v) is 3.57. The Labute approximate surface area is 120 Å². The summed E-state index contributed by atoms with van der Waals surface area (Å²) in [4.78, 5) is 5.22. The average molecular weight is 280 g/mol. The fourth-order valence-electron chi connectivity index (χ4n) is 3.37. The molecule has 1 N–H and O–H groups in total. The molecule has 0 aliphatic carbocycles. The van der Waals surface area contributed by atoms with Crippen LogP contribution in [0, 0.1) is 0 Å². The maximum atomic E-state index is 6.16. The van der Waals surface area contributed by atoms with Crippen LogP contribution in [0.25, 0.3) is 0 Å². The molecule has 0 saturated carbocycles. The Kier molecular flexibility index (Phi) is 4.08. The lowest BCUT2D eigenvalue weighted by Gasteiger charge is -2.50. The normalized spacial score (nSPS) is 31.4. The lowest BCUT2D eigenvalue weighted by Crippen LogP contribution is -2.63. The lowest BCUT2D eigenvalue weighted by atomic mass is 9.94. The van der Waals surface area contributed by atoms with E-state index in [0.29, 0.717) is 12.1 Å². The first-order valence-corrected chi connectivity index (χ1v) is 7.61. The molecule has 1 aromatic rings. The molecule has 0 radical (unpaired) electrons. The van der Waals surface area contributed by atoms with E-state index < -0.39 is 0 Å². The van der Waals surface area contributed by atoms with E-state index in [1.165, 1.54) is 38.3 Å². The van der Waals surface area contributed by atoms with Crippen molar-refractivity contribution in [2.75, 3.05) is 39.3 Å². The molecular weight excluding hydrogens is 258 g/mol. The van der Waals surface area contributed by atoms with Gasteiger partial charge in [0, 0.05) is 49.8 Å². The zero-order valence-electron chi connectivity index (χ0n) is 11.5. The summed E-state index contributed by atoms with van der Waals surface area (Å²) < 4.78 is 0. The van der Waals surface area contributed by atoms with Gasteiger partial charge in [-0.1, -0.05) is 30.7 Å². The van der Waals surface area contributed by atoms with Gasteiger partial charge in [0.15, 0.2) is 0 Å². The van der Waals surface area contributed by atoms with Crippen molar-refractivity contribution in [3.05, 3.63) is 34.9 Å². The van der Waals surface area contributed by atoms with Gasteiger partial charge in [-0.3, -0.25) is 9.80 Å². The first-order valence-electron chi connectivity index (χ1n) is 7.23. The second kappa shape index (κ2) is 5.80. The molecule has 3 heterocycles. The summed E-state index contributed by atoms with van der Waals surface area (Å²) in [5, 5.41) is 4.48. The minimum absolute atomic E-state index is 0.381. The third kappa shape index (κ3) is 2.79. The molecule has 0 aromatic heterocycles. The number of fused-ring (bicyclic) bond motifs is 3. The van der Waals surface area contributed by atoms with Crippen LogP contribution < -0.4 is 5.32 Å². The standard InChI is InChI=1S/C15H22ClN3/c1-2-17-15(12-4-3-5-13(16)10-12)14-11-18-6-8-19(14)9-7-18/h3-5,10,14-15,17H,2,6-9,11H2,1H3. The molecule has 2 bridgehead atoms. The molecular formula is C15H22ClN3. The highest BCUT2D eigenvalue weighted by Crippen LogP contribution is 2.28. The van der Waals surface area contributed by atoms with Crippen molar-refractivity contribution in [2.45, 2.75) is 19.0 Å². The highest BCUT2D eigenvalue weighted by Gasteiger charge is 2.36. The average Bonchev–Trinajstić information content (AvgIpc) is 2.46. The third-order valence-electron chi connectivity index (χ3n) is 4.34. The molecule has 3 fully saturated rings. The van der Waals surface area contributed by atoms with E-state index in [1.54, 1.807) is 0 Å². The topological polar surface area (TPSA) is 18.5 Å². The van der Waals surface area contributed by atoms with Crippen LogP contribution in [-0.2, 0) is 0 Å². The minimum atomic E-state index is 0.381. The van der Waals surface area contributed by atoms with Crippen molar-refractivity contribution in [3.63, 3.8) is 0 Å². The fraction of sp³-hybridized carbons (Fsp3) is 0.600. The van der Waals surface area contributed by atoms with Crippen LogP contribution in [0.5, 0.6) is 0 Å². The molecule has 0 spiro atoms. The maximum absolute atomic E-state index is 6.16. The van der Waals surface area contributed by atoms with E-state index in [4.69, 9.17) is 11.6 Å². The Morgan fingerprint density at radius 3 is 2.68 bits per heavy atom. The van der Waals surface area contributed by atoms with Gasteiger partial charge in [0.25, 0.3) is 0 Å². The van der Waals surface area contributed by atoms with Gasteiger partial charge < -0.3 is 5.32 Å². The van der Waals surface area contributed by atoms with E-state index in [-0.39, 0.29) is 0 Å². The van der Waals surface area contributed by atoms with E-state index in [2.05, 4.69) is 40.2 Å². The van der Waals surface area contributed by atoms with Crippen LogP contribution >= 0.6 is 11.6 Å². The van der Waals surface area contributed by atoms with E-state index >= 15 is 0 Å². The SMILES string of the molecule is CCNC(c1cccc(Cl)c1)C1CN2CCN1CC2. The number of hydrogen-bond donors (Lipinski definition) is 1. The predicted molar refractivity (Wildman–Crippen MR) is 79.7 cm³/mol. The van der Waals surface area contributed by atoms with Gasteiger partial charge in [0.1, 0.15) is 0 Å². The quantitative estimate of drug-likeness (QED) is 0.909. The molecule has 3 aliphatic heterocycles. The zero-order valence-corrected chi connectivity index (χ0v) is 12.2. The lowest BCUT2D eigenvalue weighted by molar-refractivity contribution is -0.00342. The van der Waals surface area contributed by atoms with Gasteiger partial charge in [-0.05, 0) is 24.2 Å². The Hall–Kier alpha value is -0.610. The van der Waals surface area contributed by atoms with Crippen LogP contribution in [0.1, 0.15) is 18.5 Å². The molecule has 0 amide bonds. The van der Waals surface area contributed by atoms with Crippen molar-refractivity contribution < 1.29 is 0 Å². The van der Waals surface area contributed by atoms with Gasteiger partial charge in [0.05, 0.1) is 0 Å². The number of hydrogen-bond acceptors (Lipinski definition) is 3. The molecule has 2 atom stereocenters. The number of nitrogens with zero attached hydrogens (tertiary/aromatic N) is 2. The second-order valence-corrected chi connectivity index (χ2v) is 5.93. The monoisotopic (exact) mass is 279 g/mol. The molecule has 104 valence electrons. The maximum Gasteiger partial charge on any atom is 0.0491 e. The van der Waals surface area contributed by atoms with Crippen molar-refractivity contribution in [1.29, 1.82) is 0 Å². The van der Waals surface area contributed by atoms with Gasteiger partial charge in [-0.25, -0.2) is 0 Å². The summed E-state index contributed by atoms with van der Waals surface area (Å²) in [6.45, 7) is 9.19. The summed E-state index contributed by atoms with van der Waals surface area (Å²) in [7, 11) is 0. The van der Waals surface area contributed by atoms with Crippen molar-refractivity contribution in [1.82, 2.24) is 15.1 Å². The number of nitrogens with one attached hydrogen (secondary N) is 1. The van der Waals surface area contributed by atoms with Gasteiger partial charge >= 0.3 is 0 Å². The number of likely N-dealkylation sites (N-methyl/N-ethyl adjacent to an activating group) is 1. The Morgan fingerprint density at radius 2 is 2.11 bits per heavy atom. The van der Waals surface area contributed by atoms with Gasteiger partial charge in [0.2, 0.25) is 0 Å². The molecule has 4 rings (SSSR count).